The first kappa shape index (κ1) is 22.6. The van der Waals surface area contributed by atoms with E-state index in [0.717, 1.165) is 22.4 Å². The van der Waals surface area contributed by atoms with Crippen LogP contribution in [0.1, 0.15) is 41.1 Å². The molecule has 170 valence electrons. The Hall–Kier alpha value is -3.61. The third kappa shape index (κ3) is 5.42. The lowest BCUT2D eigenvalue weighted by Gasteiger charge is -2.30. The van der Waals surface area contributed by atoms with E-state index >= 15 is 0 Å². The van der Waals surface area contributed by atoms with E-state index in [0.29, 0.717) is 43.9 Å². The van der Waals surface area contributed by atoms with Crippen LogP contribution >= 0.6 is 0 Å². The number of carbonyl (C=O) groups excluding carboxylic acids is 2. The number of halogens is 1. The molecule has 6 nitrogen and oxygen atoms in total. The van der Waals surface area contributed by atoms with Crippen molar-refractivity contribution in [2.45, 2.75) is 45.7 Å². The van der Waals surface area contributed by atoms with Crippen LogP contribution < -0.4 is 4.90 Å². The standard InChI is InChI=1S/C26H27FN4O2/c1-18-22-13-15-25(33)31(16-20-8-11-21(27)12-9-20)26(22)29-23(28-18)17-30(2)24(32)14-10-19-6-4-3-5-7-19/h3-9,11-12H,10,13-17H2,1-2H3. The van der Waals surface area contributed by atoms with Gasteiger partial charge in [0.25, 0.3) is 0 Å². The maximum atomic E-state index is 13.3. The second kappa shape index (κ2) is 9.90. The van der Waals surface area contributed by atoms with Crippen LogP contribution in [0, 0.1) is 12.7 Å². The highest BCUT2D eigenvalue weighted by Gasteiger charge is 2.28. The molecule has 0 unspecified atom stereocenters. The van der Waals surface area contributed by atoms with Crippen molar-refractivity contribution in [1.29, 1.82) is 0 Å². The van der Waals surface area contributed by atoms with Crippen LogP contribution in [0.3, 0.4) is 0 Å². The first-order valence-electron chi connectivity index (χ1n) is 11.1. The maximum absolute atomic E-state index is 13.3. The van der Waals surface area contributed by atoms with Crippen molar-refractivity contribution >= 4 is 17.6 Å². The summed E-state index contributed by atoms with van der Waals surface area (Å²) in [5, 5.41) is 0. The van der Waals surface area contributed by atoms with Gasteiger partial charge in [-0.2, -0.15) is 0 Å². The Kier molecular flexibility index (Phi) is 6.77. The first-order valence-corrected chi connectivity index (χ1v) is 11.1. The fraction of sp³-hybridized carbons (Fsp3) is 0.308. The van der Waals surface area contributed by atoms with Crippen LogP contribution in [0.5, 0.6) is 0 Å². The maximum Gasteiger partial charge on any atom is 0.228 e. The molecule has 0 spiro atoms. The van der Waals surface area contributed by atoms with Gasteiger partial charge in [0.05, 0.1) is 13.1 Å². The molecule has 2 amide bonds. The summed E-state index contributed by atoms with van der Waals surface area (Å²) >= 11 is 0. The molecule has 33 heavy (non-hydrogen) atoms. The number of nitrogens with zero attached hydrogens (tertiary/aromatic N) is 4. The van der Waals surface area contributed by atoms with E-state index in [1.165, 1.54) is 12.1 Å². The van der Waals surface area contributed by atoms with Gasteiger partial charge in [-0.15, -0.1) is 0 Å². The predicted octanol–water partition coefficient (Wildman–Crippen LogP) is 3.99. The number of amides is 2. The van der Waals surface area contributed by atoms with Gasteiger partial charge in [-0.3, -0.25) is 14.5 Å². The SMILES string of the molecule is Cc1nc(CN(C)C(=O)CCc2ccccc2)nc2c1CCC(=O)N2Cc1ccc(F)cc1. The monoisotopic (exact) mass is 446 g/mol. The molecule has 1 aliphatic rings. The minimum Gasteiger partial charge on any atom is -0.338 e. The smallest absolute Gasteiger partial charge is 0.228 e. The van der Waals surface area contributed by atoms with Crippen LogP contribution in [0.25, 0.3) is 0 Å². The summed E-state index contributed by atoms with van der Waals surface area (Å²) in [6.07, 6.45) is 2.05. The number of rotatable bonds is 7. The molecule has 7 heteroatoms. The van der Waals surface area contributed by atoms with Crippen LogP contribution in [-0.4, -0.2) is 33.7 Å². The van der Waals surface area contributed by atoms with Crippen molar-refractivity contribution < 1.29 is 14.0 Å². The lowest BCUT2D eigenvalue weighted by Crippen LogP contribution is -2.36. The van der Waals surface area contributed by atoms with Gasteiger partial charge in [0.15, 0.2) is 0 Å². The minimum absolute atomic E-state index is 0.0112. The summed E-state index contributed by atoms with van der Waals surface area (Å²) < 4.78 is 13.3. The predicted molar refractivity (Wildman–Crippen MR) is 124 cm³/mol. The number of hydrogen-bond acceptors (Lipinski definition) is 4. The molecule has 2 aromatic carbocycles. The van der Waals surface area contributed by atoms with Crippen molar-refractivity contribution in [3.63, 3.8) is 0 Å². The topological polar surface area (TPSA) is 66.4 Å². The van der Waals surface area contributed by atoms with Gasteiger partial charge in [0.2, 0.25) is 11.8 Å². The highest BCUT2D eigenvalue weighted by atomic mass is 19.1. The Bertz CT molecular complexity index is 1150. The Morgan fingerprint density at radius 1 is 1.03 bits per heavy atom. The summed E-state index contributed by atoms with van der Waals surface area (Å²) in [5.74, 6) is 0.758. The first-order chi connectivity index (χ1) is 15.9. The Morgan fingerprint density at radius 2 is 1.76 bits per heavy atom. The van der Waals surface area contributed by atoms with Crippen molar-refractivity contribution in [3.05, 3.63) is 88.6 Å². The van der Waals surface area contributed by atoms with E-state index in [2.05, 4.69) is 9.97 Å². The normalized spacial score (nSPS) is 13.1. The molecule has 0 saturated heterocycles. The summed E-state index contributed by atoms with van der Waals surface area (Å²) in [7, 11) is 1.74. The Balaban J connectivity index is 1.50. The van der Waals surface area contributed by atoms with Crippen molar-refractivity contribution in [3.8, 4) is 0 Å². The second-order valence-corrected chi connectivity index (χ2v) is 8.37. The third-order valence-electron chi connectivity index (χ3n) is 5.91. The minimum atomic E-state index is -0.315. The molecular weight excluding hydrogens is 419 g/mol. The van der Waals surface area contributed by atoms with Gasteiger partial charge in [-0.05, 0) is 43.0 Å². The van der Waals surface area contributed by atoms with Gasteiger partial charge in [0, 0.05) is 31.1 Å². The largest absolute Gasteiger partial charge is 0.338 e. The van der Waals surface area contributed by atoms with E-state index in [-0.39, 0.29) is 24.2 Å². The van der Waals surface area contributed by atoms with Crippen LogP contribution in [-0.2, 0) is 35.5 Å². The lowest BCUT2D eigenvalue weighted by atomic mass is 10.0. The third-order valence-corrected chi connectivity index (χ3v) is 5.91. The molecule has 4 rings (SSSR count). The molecule has 0 fully saturated rings. The van der Waals surface area contributed by atoms with E-state index in [1.54, 1.807) is 29.0 Å². The van der Waals surface area contributed by atoms with Crippen LogP contribution in [0.4, 0.5) is 10.2 Å². The number of benzene rings is 2. The summed E-state index contributed by atoms with van der Waals surface area (Å²) in [6.45, 7) is 2.49. The number of anilines is 1. The van der Waals surface area contributed by atoms with Crippen molar-refractivity contribution in [1.82, 2.24) is 14.9 Å². The quantitative estimate of drug-likeness (QED) is 0.550. The summed E-state index contributed by atoms with van der Waals surface area (Å²) in [6, 6.07) is 16.0. The molecule has 0 N–H and O–H groups in total. The molecule has 3 aromatic rings. The van der Waals surface area contributed by atoms with E-state index < -0.39 is 0 Å². The van der Waals surface area contributed by atoms with Gasteiger partial charge < -0.3 is 4.90 Å². The van der Waals surface area contributed by atoms with Gasteiger partial charge in [-0.25, -0.2) is 14.4 Å². The number of carbonyl (C=O) groups is 2. The van der Waals surface area contributed by atoms with E-state index in [9.17, 15) is 14.0 Å². The molecule has 0 radical (unpaired) electrons. The molecule has 0 atom stereocenters. The number of fused-ring (bicyclic) bond motifs is 1. The molecule has 1 aliphatic heterocycles. The second-order valence-electron chi connectivity index (χ2n) is 8.37. The molecular formula is C26H27FN4O2. The molecule has 1 aromatic heterocycles. The molecule has 2 heterocycles. The highest BCUT2D eigenvalue weighted by Crippen LogP contribution is 2.29. The Morgan fingerprint density at radius 3 is 2.48 bits per heavy atom. The fourth-order valence-corrected chi connectivity index (χ4v) is 4.03. The Labute approximate surface area is 193 Å². The fourth-order valence-electron chi connectivity index (χ4n) is 4.03. The van der Waals surface area contributed by atoms with Crippen LogP contribution in [0.15, 0.2) is 54.6 Å². The van der Waals surface area contributed by atoms with Gasteiger partial charge in [-0.1, -0.05) is 42.5 Å². The zero-order valence-electron chi connectivity index (χ0n) is 18.9. The summed E-state index contributed by atoms with van der Waals surface area (Å²) in [5.41, 5.74) is 3.70. The lowest BCUT2D eigenvalue weighted by molar-refractivity contribution is -0.130. The molecule has 0 bridgehead atoms. The van der Waals surface area contributed by atoms with Gasteiger partial charge >= 0.3 is 0 Å². The summed E-state index contributed by atoms with van der Waals surface area (Å²) in [4.78, 5) is 37.9. The number of hydrogen-bond donors (Lipinski definition) is 0. The average molecular weight is 447 g/mol. The van der Waals surface area contributed by atoms with Gasteiger partial charge in [0.1, 0.15) is 17.5 Å². The zero-order valence-corrected chi connectivity index (χ0v) is 18.9. The van der Waals surface area contributed by atoms with E-state index in [4.69, 9.17) is 0 Å². The van der Waals surface area contributed by atoms with Crippen molar-refractivity contribution in [2.24, 2.45) is 0 Å². The van der Waals surface area contributed by atoms with E-state index in [1.807, 2.05) is 37.3 Å². The van der Waals surface area contributed by atoms with Crippen LogP contribution in [0.2, 0.25) is 0 Å². The molecule has 0 aliphatic carbocycles. The number of aromatic nitrogens is 2. The molecule has 0 saturated carbocycles. The zero-order chi connectivity index (χ0) is 23.4. The highest BCUT2D eigenvalue weighted by molar-refractivity contribution is 5.95. The average Bonchev–Trinajstić information content (AvgIpc) is 2.81. The van der Waals surface area contributed by atoms with Crippen molar-refractivity contribution in [2.75, 3.05) is 11.9 Å². The number of aryl methyl sites for hydroxylation is 2.